The van der Waals surface area contributed by atoms with E-state index in [2.05, 4.69) is 20.8 Å². The molecule has 0 spiro atoms. The summed E-state index contributed by atoms with van der Waals surface area (Å²) in [5, 5.41) is 12.4. The van der Waals surface area contributed by atoms with Crippen molar-refractivity contribution in [3.63, 3.8) is 0 Å². The van der Waals surface area contributed by atoms with E-state index >= 15 is 0 Å². The van der Waals surface area contributed by atoms with Crippen molar-refractivity contribution in [3.8, 4) is 0 Å². The lowest BCUT2D eigenvalue weighted by Gasteiger charge is -2.26. The molecule has 0 aliphatic carbocycles. The van der Waals surface area contributed by atoms with Crippen molar-refractivity contribution in [1.29, 1.82) is 0 Å². The van der Waals surface area contributed by atoms with Gasteiger partial charge in [-0.2, -0.15) is 5.10 Å². The first-order valence-corrected chi connectivity index (χ1v) is 8.09. The van der Waals surface area contributed by atoms with Gasteiger partial charge in [0, 0.05) is 5.39 Å². The number of carbonyl (C=O) groups is 3. The monoisotopic (exact) mass is 358 g/mol. The average Bonchev–Trinajstić information content (AvgIpc) is 3.03. The first-order valence-electron chi connectivity index (χ1n) is 8.09. The summed E-state index contributed by atoms with van der Waals surface area (Å²) in [6.45, 7) is 3.23. The first kappa shape index (κ1) is 17.5. The van der Waals surface area contributed by atoms with E-state index in [4.69, 9.17) is 9.47 Å². The summed E-state index contributed by atoms with van der Waals surface area (Å²) >= 11 is 0. The molecule has 9 heteroatoms. The van der Waals surface area contributed by atoms with E-state index in [0.29, 0.717) is 10.9 Å². The van der Waals surface area contributed by atoms with Gasteiger partial charge in [0.2, 0.25) is 0 Å². The zero-order valence-corrected chi connectivity index (χ0v) is 14.3. The summed E-state index contributed by atoms with van der Waals surface area (Å²) in [6, 6.07) is 6.08. The quantitative estimate of drug-likeness (QED) is 0.691. The number of rotatable bonds is 5. The molecule has 1 aromatic heterocycles. The van der Waals surface area contributed by atoms with Gasteiger partial charge >= 0.3 is 18.0 Å². The van der Waals surface area contributed by atoms with Gasteiger partial charge in [0.05, 0.1) is 29.4 Å². The van der Waals surface area contributed by atoms with Crippen LogP contribution in [-0.2, 0) is 14.3 Å². The first-order chi connectivity index (χ1) is 12.5. The Morgan fingerprint density at radius 3 is 2.73 bits per heavy atom. The number of carbonyl (C=O) groups excluding carboxylic acids is 3. The van der Waals surface area contributed by atoms with Crippen molar-refractivity contribution < 1.29 is 23.9 Å². The van der Waals surface area contributed by atoms with Crippen molar-refractivity contribution in [1.82, 2.24) is 20.8 Å². The van der Waals surface area contributed by atoms with Crippen LogP contribution in [0.2, 0.25) is 0 Å². The van der Waals surface area contributed by atoms with E-state index in [0.717, 1.165) is 0 Å². The van der Waals surface area contributed by atoms with Crippen LogP contribution < -0.4 is 10.6 Å². The Balaban J connectivity index is 1.81. The molecule has 136 valence electrons. The molecule has 1 aliphatic rings. The molecular formula is C17H18N4O5. The molecule has 26 heavy (non-hydrogen) atoms. The Kier molecular flexibility index (Phi) is 4.87. The minimum absolute atomic E-state index is 0.132. The fraction of sp³-hybridized carbons (Fsp3) is 0.294. The fourth-order valence-electron chi connectivity index (χ4n) is 2.72. The molecule has 0 bridgehead atoms. The highest BCUT2D eigenvalue weighted by Crippen LogP contribution is 2.18. The maximum absolute atomic E-state index is 12.4. The molecular weight excluding hydrogens is 340 g/mol. The Hall–Kier alpha value is -3.36. The summed E-state index contributed by atoms with van der Waals surface area (Å²) in [5.74, 6) is -1.25. The minimum atomic E-state index is -0.668. The molecule has 3 rings (SSSR count). The maximum atomic E-state index is 12.4. The summed E-state index contributed by atoms with van der Waals surface area (Å²) in [7, 11) is 0. The van der Waals surface area contributed by atoms with Crippen molar-refractivity contribution in [2.75, 3.05) is 13.2 Å². The zero-order chi connectivity index (χ0) is 18.7. The van der Waals surface area contributed by atoms with E-state index in [1.165, 1.54) is 0 Å². The topological polar surface area (TPSA) is 122 Å². The van der Waals surface area contributed by atoms with Gasteiger partial charge < -0.3 is 20.1 Å². The maximum Gasteiger partial charge on any atom is 0.359 e. The van der Waals surface area contributed by atoms with Gasteiger partial charge in [-0.25, -0.2) is 14.4 Å². The Morgan fingerprint density at radius 2 is 1.96 bits per heavy atom. The van der Waals surface area contributed by atoms with Crippen LogP contribution in [0.5, 0.6) is 0 Å². The SMILES string of the molecule is CCOC(=O)C1=C(COC(=O)c2n[nH]c3ccccc23)NC(=O)N[C@@H]1C. The van der Waals surface area contributed by atoms with Crippen molar-refractivity contribution >= 4 is 28.9 Å². The molecule has 0 fully saturated rings. The smallest absolute Gasteiger partial charge is 0.359 e. The molecule has 0 saturated carbocycles. The molecule has 2 aromatic rings. The van der Waals surface area contributed by atoms with E-state index in [-0.39, 0.29) is 30.2 Å². The highest BCUT2D eigenvalue weighted by Gasteiger charge is 2.30. The number of aromatic amines is 1. The number of H-pyrrole nitrogens is 1. The third-order valence-electron chi connectivity index (χ3n) is 3.88. The van der Waals surface area contributed by atoms with Crippen LogP contribution >= 0.6 is 0 Å². The highest BCUT2D eigenvalue weighted by molar-refractivity contribution is 6.02. The minimum Gasteiger partial charge on any atom is -0.463 e. The zero-order valence-electron chi connectivity index (χ0n) is 14.3. The number of urea groups is 1. The van der Waals surface area contributed by atoms with Crippen LogP contribution in [-0.4, -0.2) is 47.4 Å². The second-order valence-electron chi connectivity index (χ2n) is 5.63. The molecule has 1 atom stereocenters. The second kappa shape index (κ2) is 7.26. The summed E-state index contributed by atoms with van der Waals surface area (Å²) in [5.41, 5.74) is 1.24. The largest absolute Gasteiger partial charge is 0.463 e. The van der Waals surface area contributed by atoms with E-state index in [9.17, 15) is 14.4 Å². The lowest BCUT2D eigenvalue weighted by Crippen LogP contribution is -2.50. The third kappa shape index (κ3) is 3.37. The number of ether oxygens (including phenoxy) is 2. The molecule has 2 amide bonds. The van der Waals surface area contributed by atoms with Crippen LogP contribution in [0.3, 0.4) is 0 Å². The number of amides is 2. The van der Waals surface area contributed by atoms with E-state index in [1.54, 1.807) is 32.0 Å². The number of hydrogen-bond acceptors (Lipinski definition) is 6. The normalized spacial score (nSPS) is 16.8. The van der Waals surface area contributed by atoms with Crippen LogP contribution in [0.25, 0.3) is 10.9 Å². The van der Waals surface area contributed by atoms with Crippen LogP contribution in [0.4, 0.5) is 4.79 Å². The van der Waals surface area contributed by atoms with E-state index < -0.39 is 24.0 Å². The molecule has 9 nitrogen and oxygen atoms in total. The van der Waals surface area contributed by atoms with Gasteiger partial charge in [-0.05, 0) is 19.9 Å². The van der Waals surface area contributed by atoms with Gasteiger partial charge in [-0.3, -0.25) is 5.10 Å². The lowest BCUT2D eigenvalue weighted by atomic mass is 10.0. The number of nitrogens with zero attached hydrogens (tertiary/aromatic N) is 1. The van der Waals surface area contributed by atoms with Gasteiger partial charge in [0.15, 0.2) is 5.69 Å². The summed E-state index contributed by atoms with van der Waals surface area (Å²) in [4.78, 5) is 36.2. The Morgan fingerprint density at radius 1 is 1.19 bits per heavy atom. The van der Waals surface area contributed by atoms with E-state index in [1.807, 2.05) is 6.07 Å². The van der Waals surface area contributed by atoms with Crippen LogP contribution in [0, 0.1) is 0 Å². The number of fused-ring (bicyclic) bond motifs is 1. The number of para-hydroxylation sites is 1. The average molecular weight is 358 g/mol. The standard InChI is InChI=1S/C17H18N4O5/c1-3-25-15(22)13-9(2)18-17(24)19-12(13)8-26-16(23)14-10-6-4-5-7-11(10)20-21-14/h4-7,9H,3,8H2,1-2H3,(H,20,21)(H2,18,19,24)/t9-/m1/s1. The van der Waals surface area contributed by atoms with Crippen LogP contribution in [0.1, 0.15) is 24.3 Å². The molecule has 1 aromatic carbocycles. The summed E-state index contributed by atoms with van der Waals surface area (Å²) in [6.07, 6.45) is 0. The lowest BCUT2D eigenvalue weighted by molar-refractivity contribution is -0.139. The van der Waals surface area contributed by atoms with Gasteiger partial charge in [-0.1, -0.05) is 18.2 Å². The van der Waals surface area contributed by atoms with Crippen LogP contribution in [0.15, 0.2) is 35.5 Å². The highest BCUT2D eigenvalue weighted by atomic mass is 16.5. The molecule has 0 unspecified atom stereocenters. The third-order valence-corrected chi connectivity index (χ3v) is 3.88. The molecule has 1 aliphatic heterocycles. The molecule has 0 radical (unpaired) electrons. The van der Waals surface area contributed by atoms with Gasteiger partial charge in [0.1, 0.15) is 6.61 Å². The predicted molar refractivity (Wildman–Crippen MR) is 91.2 cm³/mol. The number of aromatic nitrogens is 2. The molecule has 0 saturated heterocycles. The second-order valence-corrected chi connectivity index (χ2v) is 5.63. The van der Waals surface area contributed by atoms with Gasteiger partial charge in [0.25, 0.3) is 0 Å². The number of benzene rings is 1. The summed E-state index contributed by atoms with van der Waals surface area (Å²) < 4.78 is 10.3. The number of hydrogen-bond donors (Lipinski definition) is 3. The Bertz CT molecular complexity index is 901. The van der Waals surface area contributed by atoms with Crippen molar-refractivity contribution in [2.24, 2.45) is 0 Å². The van der Waals surface area contributed by atoms with Gasteiger partial charge in [-0.15, -0.1) is 0 Å². The van der Waals surface area contributed by atoms with Crippen molar-refractivity contribution in [3.05, 3.63) is 41.2 Å². The molecule has 2 heterocycles. The van der Waals surface area contributed by atoms with Crippen molar-refractivity contribution in [2.45, 2.75) is 19.9 Å². The predicted octanol–water partition coefficient (Wildman–Crippen LogP) is 1.24. The molecule has 3 N–H and O–H groups in total. The fourth-order valence-corrected chi connectivity index (χ4v) is 2.72. The Labute approximate surface area is 148 Å². The number of esters is 2. The number of nitrogens with one attached hydrogen (secondary N) is 3.